The van der Waals surface area contributed by atoms with Crippen LogP contribution < -0.4 is 4.74 Å². The van der Waals surface area contributed by atoms with Gasteiger partial charge >= 0.3 is 0 Å². The van der Waals surface area contributed by atoms with E-state index in [1.807, 2.05) is 18.2 Å². The van der Waals surface area contributed by atoms with E-state index >= 15 is 0 Å². The molecule has 1 aromatic rings. The number of methoxy groups -OCH3 is 2. The quantitative estimate of drug-likeness (QED) is 0.804. The summed E-state index contributed by atoms with van der Waals surface area (Å²) >= 11 is 0. The lowest BCUT2D eigenvalue weighted by atomic mass is 9.90. The molecular formula is C16H25NO4S. The second kappa shape index (κ2) is 7.44. The number of hydrogen-bond donors (Lipinski definition) is 0. The first-order valence-corrected chi connectivity index (χ1v) is 9.21. The second-order valence-electron chi connectivity index (χ2n) is 5.77. The minimum Gasteiger partial charge on any atom is -0.497 e. The van der Waals surface area contributed by atoms with E-state index in [0.717, 1.165) is 18.6 Å². The van der Waals surface area contributed by atoms with Crippen LogP contribution in [0, 0.1) is 0 Å². The van der Waals surface area contributed by atoms with Gasteiger partial charge in [-0.3, -0.25) is 0 Å². The number of hydrogen-bond acceptors (Lipinski definition) is 4. The van der Waals surface area contributed by atoms with E-state index in [0.29, 0.717) is 19.0 Å². The van der Waals surface area contributed by atoms with Gasteiger partial charge in [0.05, 0.1) is 19.0 Å². The molecule has 1 aliphatic heterocycles. The molecule has 6 heteroatoms. The Morgan fingerprint density at radius 3 is 2.55 bits per heavy atom. The van der Waals surface area contributed by atoms with Crippen LogP contribution in [0.3, 0.4) is 0 Å². The third kappa shape index (κ3) is 4.21. The second-order valence-corrected chi connectivity index (χ2v) is 7.79. The van der Waals surface area contributed by atoms with Gasteiger partial charge in [-0.25, -0.2) is 12.7 Å². The van der Waals surface area contributed by atoms with Crippen LogP contribution in [0.5, 0.6) is 5.75 Å². The SMILES string of the molecule is COc1cccc(C2CCN(S(=O)(=O)C[C@@H](C)OC)CC2)c1. The highest BCUT2D eigenvalue weighted by Crippen LogP contribution is 2.31. The molecular weight excluding hydrogens is 302 g/mol. The fourth-order valence-electron chi connectivity index (χ4n) is 2.83. The van der Waals surface area contributed by atoms with Gasteiger partial charge in [0, 0.05) is 20.2 Å². The molecule has 0 radical (unpaired) electrons. The molecule has 1 saturated heterocycles. The Morgan fingerprint density at radius 1 is 1.27 bits per heavy atom. The fourth-order valence-corrected chi connectivity index (χ4v) is 4.54. The van der Waals surface area contributed by atoms with E-state index < -0.39 is 10.0 Å². The Kier molecular flexibility index (Phi) is 5.83. The maximum absolute atomic E-state index is 12.3. The zero-order valence-electron chi connectivity index (χ0n) is 13.5. The molecule has 1 aliphatic rings. The summed E-state index contributed by atoms with van der Waals surface area (Å²) < 4.78 is 36.6. The number of rotatable bonds is 6. The molecule has 0 N–H and O–H groups in total. The fraction of sp³-hybridized carbons (Fsp3) is 0.625. The molecule has 1 atom stereocenters. The smallest absolute Gasteiger partial charge is 0.216 e. The Balaban J connectivity index is 1.98. The number of piperidine rings is 1. The standard InChI is InChI=1S/C16H25NO4S/c1-13(20-2)12-22(18,19)17-9-7-14(8-10-17)15-5-4-6-16(11-15)21-3/h4-6,11,13-14H,7-10,12H2,1-3H3/t13-/m1/s1. The van der Waals surface area contributed by atoms with Crippen molar-refractivity contribution in [2.24, 2.45) is 0 Å². The van der Waals surface area contributed by atoms with Crippen molar-refractivity contribution >= 4 is 10.0 Å². The molecule has 1 aromatic carbocycles. The van der Waals surface area contributed by atoms with Crippen LogP contribution in [0.2, 0.25) is 0 Å². The molecule has 1 heterocycles. The highest BCUT2D eigenvalue weighted by molar-refractivity contribution is 7.89. The van der Waals surface area contributed by atoms with Gasteiger partial charge in [0.1, 0.15) is 5.75 Å². The maximum Gasteiger partial charge on any atom is 0.216 e. The molecule has 0 spiro atoms. The number of nitrogens with zero attached hydrogens (tertiary/aromatic N) is 1. The van der Waals surface area contributed by atoms with Crippen molar-refractivity contribution in [3.8, 4) is 5.75 Å². The van der Waals surface area contributed by atoms with Crippen LogP contribution in [0.4, 0.5) is 0 Å². The highest BCUT2D eigenvalue weighted by atomic mass is 32.2. The van der Waals surface area contributed by atoms with Crippen molar-refractivity contribution in [3.05, 3.63) is 29.8 Å². The van der Waals surface area contributed by atoms with Crippen molar-refractivity contribution in [3.63, 3.8) is 0 Å². The van der Waals surface area contributed by atoms with Crippen molar-refractivity contribution < 1.29 is 17.9 Å². The molecule has 0 unspecified atom stereocenters. The van der Waals surface area contributed by atoms with Gasteiger partial charge in [-0.2, -0.15) is 0 Å². The van der Waals surface area contributed by atoms with Gasteiger partial charge in [0.2, 0.25) is 10.0 Å². The van der Waals surface area contributed by atoms with E-state index in [9.17, 15) is 8.42 Å². The Hall–Kier alpha value is -1.11. The lowest BCUT2D eigenvalue weighted by molar-refractivity contribution is 0.134. The summed E-state index contributed by atoms with van der Waals surface area (Å²) in [6.07, 6.45) is 1.41. The summed E-state index contributed by atoms with van der Waals surface area (Å²) in [4.78, 5) is 0. The number of benzene rings is 1. The van der Waals surface area contributed by atoms with Crippen LogP contribution in [0.1, 0.15) is 31.2 Å². The molecule has 0 saturated carbocycles. The maximum atomic E-state index is 12.3. The normalized spacial score (nSPS) is 19.0. The summed E-state index contributed by atoms with van der Waals surface area (Å²) in [5, 5.41) is 0. The average Bonchev–Trinajstić information content (AvgIpc) is 2.54. The first-order valence-electron chi connectivity index (χ1n) is 7.61. The molecule has 0 aromatic heterocycles. The van der Waals surface area contributed by atoms with Crippen molar-refractivity contribution in [1.29, 1.82) is 0 Å². The first-order chi connectivity index (χ1) is 10.5. The molecule has 1 fully saturated rings. The van der Waals surface area contributed by atoms with Crippen LogP contribution in [-0.4, -0.2) is 51.9 Å². The van der Waals surface area contributed by atoms with Crippen LogP contribution in [-0.2, 0) is 14.8 Å². The van der Waals surface area contributed by atoms with Gasteiger partial charge in [0.25, 0.3) is 0 Å². The highest BCUT2D eigenvalue weighted by Gasteiger charge is 2.29. The molecule has 124 valence electrons. The minimum atomic E-state index is -3.23. The van der Waals surface area contributed by atoms with E-state index in [4.69, 9.17) is 9.47 Å². The summed E-state index contributed by atoms with van der Waals surface area (Å²) in [5.74, 6) is 1.29. The van der Waals surface area contributed by atoms with Crippen LogP contribution in [0.25, 0.3) is 0 Å². The van der Waals surface area contributed by atoms with Crippen molar-refractivity contribution in [2.75, 3.05) is 33.1 Å². The third-order valence-electron chi connectivity index (χ3n) is 4.26. The predicted molar refractivity (Wildman–Crippen MR) is 86.8 cm³/mol. The van der Waals surface area contributed by atoms with E-state index in [1.165, 1.54) is 12.7 Å². The minimum absolute atomic E-state index is 0.0489. The van der Waals surface area contributed by atoms with E-state index in [-0.39, 0.29) is 11.9 Å². The van der Waals surface area contributed by atoms with Crippen molar-refractivity contribution in [2.45, 2.75) is 31.8 Å². The Morgan fingerprint density at radius 2 is 1.95 bits per heavy atom. The number of sulfonamides is 1. The summed E-state index contributed by atoms with van der Waals surface area (Å²) in [5.41, 5.74) is 1.22. The van der Waals surface area contributed by atoms with E-state index in [2.05, 4.69) is 6.07 Å². The van der Waals surface area contributed by atoms with Crippen molar-refractivity contribution in [1.82, 2.24) is 4.31 Å². The lowest BCUT2D eigenvalue weighted by Gasteiger charge is -2.32. The predicted octanol–water partition coefficient (Wildman–Crippen LogP) is 2.24. The van der Waals surface area contributed by atoms with Crippen LogP contribution in [0.15, 0.2) is 24.3 Å². The molecule has 22 heavy (non-hydrogen) atoms. The van der Waals surface area contributed by atoms with Gasteiger partial charge < -0.3 is 9.47 Å². The Bertz CT molecular complexity index is 580. The summed E-state index contributed by atoms with van der Waals surface area (Å²) in [6.45, 7) is 2.92. The molecule has 2 rings (SSSR count). The van der Waals surface area contributed by atoms with E-state index in [1.54, 1.807) is 18.3 Å². The largest absolute Gasteiger partial charge is 0.497 e. The zero-order chi connectivity index (χ0) is 16.2. The van der Waals surface area contributed by atoms with Gasteiger partial charge in [0.15, 0.2) is 0 Å². The van der Waals surface area contributed by atoms with Gasteiger partial charge in [-0.15, -0.1) is 0 Å². The Labute approximate surface area is 133 Å². The summed E-state index contributed by atoms with van der Waals surface area (Å²) in [6, 6.07) is 8.04. The average molecular weight is 327 g/mol. The third-order valence-corrected chi connectivity index (χ3v) is 6.30. The molecule has 5 nitrogen and oxygen atoms in total. The topological polar surface area (TPSA) is 55.8 Å². The van der Waals surface area contributed by atoms with Gasteiger partial charge in [-0.1, -0.05) is 12.1 Å². The van der Waals surface area contributed by atoms with Gasteiger partial charge in [-0.05, 0) is 43.4 Å². The monoisotopic (exact) mass is 327 g/mol. The molecule has 0 bridgehead atoms. The first kappa shape index (κ1) is 17.2. The number of ether oxygens (including phenoxy) is 2. The lowest BCUT2D eigenvalue weighted by Crippen LogP contribution is -2.41. The zero-order valence-corrected chi connectivity index (χ0v) is 14.3. The molecule has 0 amide bonds. The summed E-state index contributed by atoms with van der Waals surface area (Å²) in [7, 11) is -0.0346. The van der Waals surface area contributed by atoms with Crippen LogP contribution >= 0.6 is 0 Å². The molecule has 0 aliphatic carbocycles.